The summed E-state index contributed by atoms with van der Waals surface area (Å²) in [6.45, 7) is 14.9. The quantitative estimate of drug-likeness (QED) is 0.429. The van der Waals surface area contributed by atoms with Crippen LogP contribution >= 0.6 is 0 Å². The molecule has 0 saturated carbocycles. The van der Waals surface area contributed by atoms with E-state index in [0.717, 1.165) is 37.1 Å². The maximum atomic E-state index is 9.89. The zero-order valence-corrected chi connectivity index (χ0v) is 19.4. The molecule has 30 heavy (non-hydrogen) atoms. The maximum Gasteiger partial charge on any atom is 0.138 e. The second-order valence-electron chi connectivity index (χ2n) is 8.55. The fourth-order valence-electron chi connectivity index (χ4n) is 3.43. The van der Waals surface area contributed by atoms with Gasteiger partial charge in [-0.1, -0.05) is 38.1 Å². The highest BCUT2D eigenvalue weighted by molar-refractivity contribution is 5.75. The summed E-state index contributed by atoms with van der Waals surface area (Å²) in [5.74, 6) is 0.593. The largest absolute Gasteiger partial charge is 0.484 e. The number of nitriles is 1. The molecule has 0 aliphatic rings. The van der Waals surface area contributed by atoms with Gasteiger partial charge in [-0.2, -0.15) is 5.26 Å². The van der Waals surface area contributed by atoms with Crippen LogP contribution in [0.2, 0.25) is 0 Å². The number of hydrogen-bond donors (Lipinski definition) is 0. The van der Waals surface area contributed by atoms with Crippen molar-refractivity contribution in [3.05, 3.63) is 48.0 Å². The number of benzene rings is 2. The Kier molecular flexibility index (Phi) is 8.74. The number of rotatable bonds is 11. The van der Waals surface area contributed by atoms with Gasteiger partial charge in [-0.25, -0.2) is 0 Å². The van der Waals surface area contributed by atoms with Gasteiger partial charge in [0, 0.05) is 24.3 Å². The van der Waals surface area contributed by atoms with Crippen LogP contribution in [-0.4, -0.2) is 31.4 Å². The van der Waals surface area contributed by atoms with Crippen LogP contribution in [0.1, 0.15) is 59.9 Å². The molecule has 0 atom stereocenters. The molecule has 0 bridgehead atoms. The van der Waals surface area contributed by atoms with Crippen molar-refractivity contribution in [3.8, 4) is 22.9 Å². The van der Waals surface area contributed by atoms with E-state index in [1.807, 2.05) is 45.9 Å². The lowest BCUT2D eigenvalue weighted by Crippen LogP contribution is -2.35. The molecule has 0 saturated heterocycles. The Balaban J connectivity index is 2.30. The Labute approximate surface area is 182 Å². The predicted octanol–water partition coefficient (Wildman–Crippen LogP) is 6.43. The third-order valence-electron chi connectivity index (χ3n) is 4.82. The van der Waals surface area contributed by atoms with Crippen LogP contribution in [0.3, 0.4) is 0 Å². The Hall–Kier alpha value is -2.51. The molecule has 0 fully saturated rings. The summed E-state index contributed by atoms with van der Waals surface area (Å²) in [5, 5.41) is 9.89. The van der Waals surface area contributed by atoms with Crippen molar-refractivity contribution in [2.75, 3.05) is 24.6 Å². The van der Waals surface area contributed by atoms with Crippen molar-refractivity contribution in [3.63, 3.8) is 0 Å². The van der Waals surface area contributed by atoms with Crippen LogP contribution in [-0.2, 0) is 4.74 Å². The van der Waals surface area contributed by atoms with Crippen LogP contribution in [0.15, 0.2) is 42.5 Å². The molecule has 0 spiro atoms. The van der Waals surface area contributed by atoms with Gasteiger partial charge in [0.1, 0.15) is 23.0 Å². The predicted molar refractivity (Wildman–Crippen MR) is 125 cm³/mol. The summed E-state index contributed by atoms with van der Waals surface area (Å²) in [6.07, 6.45) is 2.37. The zero-order valence-electron chi connectivity index (χ0n) is 19.4. The van der Waals surface area contributed by atoms with Gasteiger partial charge >= 0.3 is 0 Å². The Morgan fingerprint density at radius 2 is 1.63 bits per heavy atom. The first-order valence-corrected chi connectivity index (χ1v) is 11.0. The van der Waals surface area contributed by atoms with E-state index >= 15 is 0 Å². The minimum absolute atomic E-state index is 0.133. The second kappa shape index (κ2) is 11.0. The first-order valence-electron chi connectivity index (χ1n) is 11.0. The van der Waals surface area contributed by atoms with Crippen molar-refractivity contribution in [2.45, 2.75) is 66.1 Å². The molecule has 0 N–H and O–H groups in total. The van der Waals surface area contributed by atoms with E-state index in [2.05, 4.69) is 49.1 Å². The second-order valence-corrected chi connectivity index (χ2v) is 8.55. The minimum atomic E-state index is -0.529. The molecule has 0 aromatic heterocycles. The summed E-state index contributed by atoms with van der Waals surface area (Å²) < 4.78 is 11.9. The van der Waals surface area contributed by atoms with Crippen LogP contribution < -0.4 is 9.64 Å². The van der Waals surface area contributed by atoms with E-state index in [9.17, 15) is 5.26 Å². The molecule has 2 aromatic rings. The molecule has 162 valence electrons. The molecule has 2 rings (SSSR count). The van der Waals surface area contributed by atoms with E-state index in [0.29, 0.717) is 17.9 Å². The van der Waals surface area contributed by atoms with Crippen molar-refractivity contribution in [2.24, 2.45) is 0 Å². The van der Waals surface area contributed by atoms with Gasteiger partial charge in [0.25, 0.3) is 0 Å². The topological polar surface area (TPSA) is 45.5 Å². The highest BCUT2D eigenvalue weighted by atomic mass is 16.5. The van der Waals surface area contributed by atoms with Crippen molar-refractivity contribution < 1.29 is 9.47 Å². The molecule has 2 aromatic carbocycles. The first-order chi connectivity index (χ1) is 14.3. The molecule has 0 amide bonds. The van der Waals surface area contributed by atoms with E-state index in [1.165, 1.54) is 5.69 Å². The monoisotopic (exact) mass is 408 g/mol. The van der Waals surface area contributed by atoms with E-state index in [4.69, 9.17) is 9.47 Å². The van der Waals surface area contributed by atoms with E-state index < -0.39 is 5.60 Å². The van der Waals surface area contributed by atoms with Crippen molar-refractivity contribution >= 4 is 5.69 Å². The molecule has 0 heterocycles. The van der Waals surface area contributed by atoms with Crippen molar-refractivity contribution in [1.82, 2.24) is 0 Å². The summed E-state index contributed by atoms with van der Waals surface area (Å²) >= 11 is 0. The number of hydrogen-bond acceptors (Lipinski definition) is 4. The molecule has 0 radical (unpaired) electrons. The lowest BCUT2D eigenvalue weighted by molar-refractivity contribution is -0.0277. The van der Waals surface area contributed by atoms with Gasteiger partial charge in [-0.3, -0.25) is 0 Å². The molecule has 0 unspecified atom stereocenters. The Morgan fingerprint density at radius 3 is 2.17 bits per heavy atom. The Morgan fingerprint density at radius 1 is 1.00 bits per heavy atom. The van der Waals surface area contributed by atoms with Gasteiger partial charge < -0.3 is 14.4 Å². The summed E-state index contributed by atoms with van der Waals surface area (Å²) in [4.78, 5) is 2.41. The molecule has 4 heteroatoms. The summed E-state index contributed by atoms with van der Waals surface area (Å²) in [5.41, 5.74) is 3.16. The van der Waals surface area contributed by atoms with Gasteiger partial charge in [-0.15, -0.1) is 0 Å². The fourth-order valence-corrected chi connectivity index (χ4v) is 3.43. The Bertz CT molecular complexity index is 829. The normalized spacial score (nSPS) is 11.4. The van der Waals surface area contributed by atoms with Crippen LogP contribution in [0, 0.1) is 11.3 Å². The van der Waals surface area contributed by atoms with E-state index in [1.54, 1.807) is 0 Å². The van der Waals surface area contributed by atoms with Crippen LogP contribution in [0.25, 0.3) is 11.1 Å². The molecular formula is C26H36N2O2. The zero-order chi connectivity index (χ0) is 22.1. The lowest BCUT2D eigenvalue weighted by atomic mass is 9.98. The number of nitrogens with zero attached hydrogens (tertiary/aromatic N) is 2. The average molecular weight is 409 g/mol. The maximum absolute atomic E-state index is 9.89. The number of ether oxygens (including phenoxy) is 2. The smallest absolute Gasteiger partial charge is 0.138 e. The van der Waals surface area contributed by atoms with Crippen LogP contribution in [0.4, 0.5) is 5.69 Å². The van der Waals surface area contributed by atoms with Gasteiger partial charge in [0.2, 0.25) is 0 Å². The molecule has 0 aliphatic carbocycles. The van der Waals surface area contributed by atoms with Crippen LogP contribution in [0.5, 0.6) is 5.75 Å². The first kappa shape index (κ1) is 23.8. The average Bonchev–Trinajstić information content (AvgIpc) is 2.72. The minimum Gasteiger partial charge on any atom is -0.484 e. The van der Waals surface area contributed by atoms with Gasteiger partial charge in [-0.05, 0) is 64.3 Å². The highest BCUT2D eigenvalue weighted by Crippen LogP contribution is 2.33. The lowest BCUT2D eigenvalue weighted by Gasteiger charge is -2.28. The third-order valence-corrected chi connectivity index (χ3v) is 4.82. The molecule has 4 nitrogen and oxygen atoms in total. The van der Waals surface area contributed by atoms with Crippen molar-refractivity contribution in [1.29, 1.82) is 5.26 Å². The van der Waals surface area contributed by atoms with Gasteiger partial charge in [0.15, 0.2) is 0 Å². The number of anilines is 1. The standard InChI is InChI=1S/C26H36N2O2/c1-7-16-28(17-8-2)22-14-12-21(13-15-22)23-10-9-11-25(24(23)18-27)30-26(5,6)19-29-20(3)4/h9-15,20H,7-8,16-17,19H2,1-6H3. The fraction of sp³-hybridized carbons (Fsp3) is 0.500. The SMILES string of the molecule is CCCN(CCC)c1ccc(-c2cccc(OC(C)(C)COC(C)C)c2C#N)cc1. The third kappa shape index (κ3) is 6.50. The van der Waals surface area contributed by atoms with Gasteiger partial charge in [0.05, 0.1) is 12.7 Å². The summed E-state index contributed by atoms with van der Waals surface area (Å²) in [6, 6.07) is 16.6. The summed E-state index contributed by atoms with van der Waals surface area (Å²) in [7, 11) is 0. The highest BCUT2D eigenvalue weighted by Gasteiger charge is 2.23. The molecular weight excluding hydrogens is 372 g/mol. The van der Waals surface area contributed by atoms with E-state index in [-0.39, 0.29) is 6.10 Å². The molecule has 0 aliphatic heterocycles.